The molecule has 4 heteroatoms. The van der Waals surface area contributed by atoms with E-state index in [9.17, 15) is 5.11 Å². The molecule has 2 aromatic carbocycles. The van der Waals surface area contributed by atoms with Crippen LogP contribution in [0.1, 0.15) is 38.2 Å². The molecule has 4 N–H and O–H groups in total. The summed E-state index contributed by atoms with van der Waals surface area (Å²) < 4.78 is 0. The van der Waals surface area contributed by atoms with Gasteiger partial charge in [-0.25, -0.2) is 0 Å². The van der Waals surface area contributed by atoms with Gasteiger partial charge in [-0.05, 0) is 36.6 Å². The molecule has 22 heavy (non-hydrogen) atoms. The Morgan fingerprint density at radius 1 is 0.727 bits per heavy atom. The largest absolute Gasteiger partial charge is 0.508 e. The highest BCUT2D eigenvalue weighted by molar-refractivity contribution is 5.38. The lowest BCUT2D eigenvalue weighted by molar-refractivity contribution is 0.444. The third-order valence-electron chi connectivity index (χ3n) is 3.20. The Labute approximate surface area is 131 Å². The van der Waals surface area contributed by atoms with Crippen LogP contribution < -0.4 is 0 Å². The molecule has 4 nitrogen and oxygen atoms in total. The fourth-order valence-corrected chi connectivity index (χ4v) is 2.00. The SMILES string of the molecule is CCCCCCc1ccc(O)cc1O.Oc1cccc(O)c1. The van der Waals surface area contributed by atoms with E-state index in [0.29, 0.717) is 0 Å². The van der Waals surface area contributed by atoms with Crippen LogP contribution in [0.2, 0.25) is 0 Å². The number of hydrogen-bond donors (Lipinski definition) is 4. The molecule has 0 aliphatic heterocycles. The molecule has 0 amide bonds. The van der Waals surface area contributed by atoms with Gasteiger partial charge in [0, 0.05) is 12.1 Å². The lowest BCUT2D eigenvalue weighted by Gasteiger charge is -2.04. The molecule has 2 aromatic rings. The number of phenolic OH excluding ortho intramolecular Hbond substituents is 4. The van der Waals surface area contributed by atoms with Crippen LogP contribution in [0.3, 0.4) is 0 Å². The molecule has 2 rings (SSSR count). The molecular weight excluding hydrogens is 280 g/mol. The Kier molecular flexibility index (Phi) is 7.68. The first-order chi connectivity index (χ1) is 10.5. The minimum Gasteiger partial charge on any atom is -0.508 e. The maximum atomic E-state index is 9.49. The predicted molar refractivity (Wildman–Crippen MR) is 87.4 cm³/mol. The number of rotatable bonds is 5. The summed E-state index contributed by atoms with van der Waals surface area (Å²) in [5, 5.41) is 35.9. The highest BCUT2D eigenvalue weighted by Gasteiger charge is 2.01. The highest BCUT2D eigenvalue weighted by Crippen LogP contribution is 2.24. The van der Waals surface area contributed by atoms with E-state index in [1.165, 1.54) is 43.5 Å². The zero-order valence-electron chi connectivity index (χ0n) is 12.9. The van der Waals surface area contributed by atoms with E-state index in [1.54, 1.807) is 18.2 Å². The third-order valence-corrected chi connectivity index (χ3v) is 3.20. The topological polar surface area (TPSA) is 80.9 Å². The molecule has 0 unspecified atom stereocenters. The highest BCUT2D eigenvalue weighted by atomic mass is 16.3. The van der Waals surface area contributed by atoms with E-state index in [-0.39, 0.29) is 23.0 Å². The minimum absolute atomic E-state index is 0.0880. The molecule has 0 aliphatic carbocycles. The molecule has 0 atom stereocenters. The smallest absolute Gasteiger partial charge is 0.122 e. The van der Waals surface area contributed by atoms with Crippen molar-refractivity contribution in [1.82, 2.24) is 0 Å². The lowest BCUT2D eigenvalue weighted by atomic mass is 10.1. The van der Waals surface area contributed by atoms with E-state index in [4.69, 9.17) is 15.3 Å². The number of phenols is 4. The number of aryl methyl sites for hydroxylation is 1. The van der Waals surface area contributed by atoms with Crippen molar-refractivity contribution in [3.8, 4) is 23.0 Å². The third kappa shape index (κ3) is 6.88. The van der Waals surface area contributed by atoms with Gasteiger partial charge in [0.15, 0.2) is 0 Å². The van der Waals surface area contributed by atoms with Crippen molar-refractivity contribution in [3.05, 3.63) is 48.0 Å². The van der Waals surface area contributed by atoms with E-state index in [0.717, 1.165) is 18.4 Å². The average molecular weight is 304 g/mol. The Balaban J connectivity index is 0.000000255. The summed E-state index contributed by atoms with van der Waals surface area (Å²) in [5.41, 5.74) is 0.930. The normalized spacial score (nSPS) is 9.86. The van der Waals surface area contributed by atoms with Crippen LogP contribution in [0.4, 0.5) is 0 Å². The molecule has 0 aliphatic rings. The second-order valence-electron chi connectivity index (χ2n) is 5.14. The van der Waals surface area contributed by atoms with Crippen LogP contribution in [0.15, 0.2) is 42.5 Å². The van der Waals surface area contributed by atoms with Crippen LogP contribution in [0, 0.1) is 0 Å². The van der Waals surface area contributed by atoms with Crippen molar-refractivity contribution in [2.75, 3.05) is 0 Å². The van der Waals surface area contributed by atoms with Crippen molar-refractivity contribution in [3.63, 3.8) is 0 Å². The first-order valence-electron chi connectivity index (χ1n) is 7.51. The number of unbranched alkanes of at least 4 members (excludes halogenated alkanes) is 3. The Bertz CT molecular complexity index is 550. The Morgan fingerprint density at radius 3 is 1.86 bits per heavy atom. The molecular formula is C18H24O4. The van der Waals surface area contributed by atoms with Gasteiger partial charge in [0.25, 0.3) is 0 Å². The average Bonchev–Trinajstić information content (AvgIpc) is 2.46. The fraction of sp³-hybridized carbons (Fsp3) is 0.333. The second kappa shape index (κ2) is 9.55. The van der Waals surface area contributed by atoms with Gasteiger partial charge < -0.3 is 20.4 Å². The van der Waals surface area contributed by atoms with Crippen molar-refractivity contribution in [2.45, 2.75) is 39.0 Å². The standard InChI is InChI=1S/C12H18O2.C6H6O2/c1-2-3-4-5-6-10-7-8-11(13)9-12(10)14;7-5-2-1-3-6(8)4-5/h7-9,13-14H,2-6H2,1H3;1-4,7-8H. The van der Waals surface area contributed by atoms with E-state index in [2.05, 4.69) is 6.92 Å². The molecule has 0 radical (unpaired) electrons. The summed E-state index contributed by atoms with van der Waals surface area (Å²) in [6.07, 6.45) is 5.68. The van der Waals surface area contributed by atoms with Gasteiger partial charge in [0.05, 0.1) is 0 Å². The van der Waals surface area contributed by atoms with Gasteiger partial charge in [-0.2, -0.15) is 0 Å². The van der Waals surface area contributed by atoms with Crippen LogP contribution in [0.5, 0.6) is 23.0 Å². The summed E-state index contributed by atoms with van der Waals surface area (Å²) in [6.45, 7) is 2.18. The zero-order chi connectivity index (χ0) is 16.4. The predicted octanol–water partition coefficient (Wildman–Crippen LogP) is 4.32. The lowest BCUT2D eigenvalue weighted by Crippen LogP contribution is -1.86. The second-order valence-corrected chi connectivity index (χ2v) is 5.14. The van der Waals surface area contributed by atoms with Gasteiger partial charge in [-0.3, -0.25) is 0 Å². The number of hydrogen-bond acceptors (Lipinski definition) is 4. The van der Waals surface area contributed by atoms with Gasteiger partial charge in [-0.15, -0.1) is 0 Å². The van der Waals surface area contributed by atoms with Crippen molar-refractivity contribution >= 4 is 0 Å². The molecule has 0 heterocycles. The van der Waals surface area contributed by atoms with Gasteiger partial charge >= 0.3 is 0 Å². The molecule has 0 bridgehead atoms. The summed E-state index contributed by atoms with van der Waals surface area (Å²) in [4.78, 5) is 0. The summed E-state index contributed by atoms with van der Waals surface area (Å²) in [7, 11) is 0. The number of aromatic hydroxyl groups is 4. The zero-order valence-corrected chi connectivity index (χ0v) is 12.9. The summed E-state index contributed by atoms with van der Waals surface area (Å²) >= 11 is 0. The van der Waals surface area contributed by atoms with Crippen LogP contribution >= 0.6 is 0 Å². The summed E-state index contributed by atoms with van der Waals surface area (Å²) in [5.74, 6) is 0.510. The van der Waals surface area contributed by atoms with E-state index < -0.39 is 0 Å². The van der Waals surface area contributed by atoms with Crippen LogP contribution in [-0.2, 0) is 6.42 Å². The first-order valence-corrected chi connectivity index (χ1v) is 7.51. The van der Waals surface area contributed by atoms with Crippen molar-refractivity contribution in [2.24, 2.45) is 0 Å². The fourth-order valence-electron chi connectivity index (χ4n) is 2.00. The van der Waals surface area contributed by atoms with Gasteiger partial charge in [0.1, 0.15) is 23.0 Å². The van der Waals surface area contributed by atoms with E-state index in [1.807, 2.05) is 0 Å². The van der Waals surface area contributed by atoms with Gasteiger partial charge in [-0.1, -0.05) is 38.3 Å². The summed E-state index contributed by atoms with van der Waals surface area (Å²) in [6, 6.07) is 10.7. The van der Waals surface area contributed by atoms with Crippen molar-refractivity contribution < 1.29 is 20.4 Å². The first kappa shape index (κ1) is 17.7. The molecule has 0 saturated carbocycles. The maximum absolute atomic E-state index is 9.49. The Hall–Kier alpha value is -2.36. The van der Waals surface area contributed by atoms with Crippen LogP contribution in [0.25, 0.3) is 0 Å². The molecule has 0 fully saturated rings. The molecule has 120 valence electrons. The monoisotopic (exact) mass is 304 g/mol. The molecule has 0 spiro atoms. The quantitative estimate of drug-likeness (QED) is 0.620. The van der Waals surface area contributed by atoms with Gasteiger partial charge in [0.2, 0.25) is 0 Å². The van der Waals surface area contributed by atoms with Crippen molar-refractivity contribution in [1.29, 1.82) is 0 Å². The number of benzene rings is 2. The maximum Gasteiger partial charge on any atom is 0.122 e. The van der Waals surface area contributed by atoms with E-state index >= 15 is 0 Å². The van der Waals surface area contributed by atoms with Crippen LogP contribution in [-0.4, -0.2) is 20.4 Å². The minimum atomic E-state index is 0.0880. The Morgan fingerprint density at radius 2 is 1.36 bits per heavy atom. The molecule has 0 saturated heterocycles. The molecule has 0 aromatic heterocycles.